The Labute approximate surface area is 216 Å². The number of halogens is 2. The van der Waals surface area contributed by atoms with Crippen LogP contribution in [0.1, 0.15) is 37.9 Å². The van der Waals surface area contributed by atoms with Crippen LogP contribution in [0.3, 0.4) is 0 Å². The standard InChI is InChI=1S/C25H33Cl2N5O3/c1-14-23(22(15(2)28)16(3)33)30-24(31-25(14)32-9-7-17(26)8-10-32)20-11-19(5-6-21(20)27)35-13-18(34)12-29-4/h5-6,11,17-18,29,34H,7-10,12-13,28H2,1-4H3/t18-/m1/s1. The van der Waals surface area contributed by atoms with Gasteiger partial charge in [0.1, 0.15) is 24.3 Å². The van der Waals surface area contributed by atoms with Gasteiger partial charge in [0.25, 0.3) is 0 Å². The first kappa shape index (κ1) is 27.2. The molecule has 1 aromatic carbocycles. The molecule has 10 heteroatoms. The summed E-state index contributed by atoms with van der Waals surface area (Å²) < 4.78 is 5.76. The third kappa shape index (κ3) is 6.64. The molecule has 1 saturated heterocycles. The molecule has 0 radical (unpaired) electrons. The second-order valence-corrected chi connectivity index (χ2v) is 9.81. The van der Waals surface area contributed by atoms with Crippen LogP contribution < -0.4 is 20.7 Å². The minimum Gasteiger partial charge on any atom is -0.491 e. The highest BCUT2D eigenvalue weighted by Crippen LogP contribution is 2.35. The third-order valence-electron chi connectivity index (χ3n) is 5.89. The summed E-state index contributed by atoms with van der Waals surface area (Å²) in [5, 5.41) is 13.5. The number of piperidine rings is 1. The molecule has 0 bridgehead atoms. The fourth-order valence-corrected chi connectivity index (χ4v) is 4.52. The van der Waals surface area contributed by atoms with Crippen LogP contribution >= 0.6 is 23.2 Å². The Hall–Kier alpha value is -2.39. The maximum Gasteiger partial charge on any atom is 0.163 e. The van der Waals surface area contributed by atoms with Crippen LogP contribution in [0, 0.1) is 6.92 Å². The maximum absolute atomic E-state index is 12.5. The number of aliphatic hydroxyl groups excluding tert-OH is 1. The van der Waals surface area contributed by atoms with E-state index in [2.05, 4.69) is 10.2 Å². The van der Waals surface area contributed by atoms with Crippen molar-refractivity contribution in [2.45, 2.75) is 45.1 Å². The highest BCUT2D eigenvalue weighted by atomic mass is 35.5. The molecule has 1 aliphatic heterocycles. The molecule has 8 nitrogen and oxygen atoms in total. The summed E-state index contributed by atoms with van der Waals surface area (Å²) in [5.74, 6) is 1.43. The number of nitrogens with zero attached hydrogens (tertiary/aromatic N) is 3. The van der Waals surface area contributed by atoms with E-state index in [1.54, 1.807) is 32.2 Å². The number of nitrogens with one attached hydrogen (secondary N) is 1. The smallest absolute Gasteiger partial charge is 0.163 e. The molecule has 1 aromatic heterocycles. The van der Waals surface area contributed by atoms with Gasteiger partial charge in [0.05, 0.1) is 16.3 Å². The molecular weight excluding hydrogens is 489 g/mol. The summed E-state index contributed by atoms with van der Waals surface area (Å²) in [5.41, 5.74) is 8.67. The Kier molecular flexibility index (Phi) is 9.35. The highest BCUT2D eigenvalue weighted by molar-refractivity contribution is 6.33. The predicted molar refractivity (Wildman–Crippen MR) is 141 cm³/mol. The topological polar surface area (TPSA) is 114 Å². The molecular formula is C25H33Cl2N5O3. The molecule has 190 valence electrons. The minimum atomic E-state index is -0.659. The minimum absolute atomic E-state index is 0.115. The van der Waals surface area contributed by atoms with Crippen molar-refractivity contribution < 1.29 is 14.6 Å². The van der Waals surface area contributed by atoms with Gasteiger partial charge in [0.15, 0.2) is 11.6 Å². The molecule has 4 N–H and O–H groups in total. The van der Waals surface area contributed by atoms with E-state index in [1.807, 2.05) is 6.92 Å². The average molecular weight is 522 g/mol. The molecule has 0 unspecified atom stereocenters. The van der Waals surface area contributed by atoms with E-state index in [9.17, 15) is 9.90 Å². The molecule has 1 atom stereocenters. The number of rotatable bonds is 9. The van der Waals surface area contributed by atoms with E-state index < -0.39 is 6.10 Å². The van der Waals surface area contributed by atoms with E-state index in [0.29, 0.717) is 45.7 Å². The van der Waals surface area contributed by atoms with Crippen LogP contribution in [0.15, 0.2) is 23.9 Å². The number of nitrogens with two attached hydrogens (primary N) is 1. The molecule has 2 aromatic rings. The van der Waals surface area contributed by atoms with Gasteiger partial charge in [0, 0.05) is 41.8 Å². The lowest BCUT2D eigenvalue weighted by molar-refractivity contribution is -0.111. The van der Waals surface area contributed by atoms with Crippen molar-refractivity contribution in [3.05, 3.63) is 40.2 Å². The van der Waals surface area contributed by atoms with Crippen molar-refractivity contribution >= 4 is 40.4 Å². The number of alkyl halides is 1. The zero-order valence-electron chi connectivity index (χ0n) is 20.6. The molecule has 2 heterocycles. The number of allylic oxidation sites excluding steroid dienone is 2. The Bertz CT molecular complexity index is 1100. The molecule has 35 heavy (non-hydrogen) atoms. The van der Waals surface area contributed by atoms with Crippen molar-refractivity contribution in [3.63, 3.8) is 0 Å². The van der Waals surface area contributed by atoms with Gasteiger partial charge in [-0.1, -0.05) is 11.6 Å². The number of benzene rings is 1. The van der Waals surface area contributed by atoms with Crippen molar-refractivity contribution in [2.24, 2.45) is 5.73 Å². The quantitative estimate of drug-likeness (QED) is 0.339. The zero-order valence-corrected chi connectivity index (χ0v) is 22.1. The third-order valence-corrected chi connectivity index (χ3v) is 6.65. The van der Waals surface area contributed by atoms with Gasteiger partial charge in [-0.25, -0.2) is 9.97 Å². The number of Topliss-reactive ketones (excluding diaryl/α,β-unsaturated/α-hetero) is 1. The van der Waals surface area contributed by atoms with E-state index >= 15 is 0 Å². The molecule has 0 saturated carbocycles. The van der Waals surface area contributed by atoms with Crippen molar-refractivity contribution in [1.29, 1.82) is 0 Å². The number of aliphatic hydroxyl groups is 1. The first-order chi connectivity index (χ1) is 16.6. The van der Waals surface area contributed by atoms with Crippen molar-refractivity contribution in [1.82, 2.24) is 15.3 Å². The lowest BCUT2D eigenvalue weighted by atomic mass is 10.0. The Morgan fingerprint density at radius 1 is 1.31 bits per heavy atom. The summed E-state index contributed by atoms with van der Waals surface area (Å²) in [7, 11) is 1.76. The summed E-state index contributed by atoms with van der Waals surface area (Å²) in [4.78, 5) is 24.3. The lowest BCUT2D eigenvalue weighted by Gasteiger charge is -2.32. The molecule has 3 rings (SSSR count). The van der Waals surface area contributed by atoms with E-state index in [4.69, 9.17) is 43.6 Å². The largest absolute Gasteiger partial charge is 0.491 e. The number of ether oxygens (including phenoxy) is 1. The molecule has 1 aliphatic rings. The first-order valence-electron chi connectivity index (χ1n) is 11.6. The summed E-state index contributed by atoms with van der Waals surface area (Å²) in [6.45, 7) is 7.07. The number of aromatic nitrogens is 2. The fraction of sp³-hybridized carbons (Fsp3) is 0.480. The van der Waals surface area contributed by atoms with Crippen LogP contribution in [0.2, 0.25) is 5.02 Å². The van der Waals surface area contributed by atoms with Gasteiger partial charge in [-0.05, 0) is 58.9 Å². The number of hydrogen-bond donors (Lipinski definition) is 3. The Morgan fingerprint density at radius 2 is 2.00 bits per heavy atom. The number of anilines is 1. The second-order valence-electron chi connectivity index (χ2n) is 8.78. The normalized spacial score (nSPS) is 16.1. The van der Waals surface area contributed by atoms with Gasteiger partial charge in [-0.15, -0.1) is 11.6 Å². The monoisotopic (exact) mass is 521 g/mol. The molecule has 1 fully saturated rings. The van der Waals surface area contributed by atoms with Gasteiger partial charge < -0.3 is 25.8 Å². The van der Waals surface area contributed by atoms with Gasteiger partial charge in [-0.2, -0.15) is 0 Å². The number of carbonyl (C=O) groups excluding carboxylic acids is 1. The predicted octanol–water partition coefficient (Wildman–Crippen LogP) is 3.55. The summed E-state index contributed by atoms with van der Waals surface area (Å²) >= 11 is 12.9. The van der Waals surface area contributed by atoms with Crippen LogP contribution in [-0.4, -0.2) is 65.6 Å². The maximum atomic E-state index is 12.5. The van der Waals surface area contributed by atoms with Crippen LogP contribution in [0.25, 0.3) is 17.0 Å². The number of hydrogen-bond acceptors (Lipinski definition) is 8. The number of likely N-dealkylation sites (N-methyl/N-ethyl adjacent to an activating group) is 1. The highest BCUT2D eigenvalue weighted by Gasteiger charge is 2.26. The number of ketones is 1. The number of carbonyl (C=O) groups is 1. The molecule has 0 aliphatic carbocycles. The van der Waals surface area contributed by atoms with E-state index in [1.165, 1.54) is 6.92 Å². The SMILES string of the molecule is CNC[C@@H](O)COc1ccc(Cl)c(-c2nc(C(C(C)=O)=C(C)N)c(C)c(N3CCC(Cl)CC3)n2)c1. The summed E-state index contributed by atoms with van der Waals surface area (Å²) in [6, 6.07) is 5.17. The lowest BCUT2D eigenvalue weighted by Crippen LogP contribution is -2.35. The Balaban J connectivity index is 2.12. The second kappa shape index (κ2) is 12.0. The average Bonchev–Trinajstić information content (AvgIpc) is 2.80. The fourth-order valence-electron chi connectivity index (χ4n) is 4.12. The van der Waals surface area contributed by atoms with Crippen LogP contribution in [-0.2, 0) is 4.79 Å². The van der Waals surface area contributed by atoms with Crippen molar-refractivity contribution in [3.8, 4) is 17.1 Å². The van der Waals surface area contributed by atoms with E-state index in [0.717, 1.165) is 37.3 Å². The van der Waals surface area contributed by atoms with Crippen molar-refractivity contribution in [2.75, 3.05) is 38.2 Å². The Morgan fingerprint density at radius 3 is 2.60 bits per heavy atom. The molecule has 0 spiro atoms. The summed E-state index contributed by atoms with van der Waals surface area (Å²) in [6.07, 6.45) is 1.01. The van der Waals surface area contributed by atoms with Gasteiger partial charge >= 0.3 is 0 Å². The van der Waals surface area contributed by atoms with E-state index in [-0.39, 0.29) is 17.8 Å². The van der Waals surface area contributed by atoms with Crippen LogP contribution in [0.5, 0.6) is 5.75 Å². The molecule has 0 amide bonds. The van der Waals surface area contributed by atoms with Gasteiger partial charge in [0.2, 0.25) is 0 Å². The van der Waals surface area contributed by atoms with Crippen LogP contribution in [0.4, 0.5) is 5.82 Å². The first-order valence-corrected chi connectivity index (χ1v) is 12.4. The zero-order chi connectivity index (χ0) is 25.7. The van der Waals surface area contributed by atoms with Gasteiger partial charge in [-0.3, -0.25) is 4.79 Å².